The zero-order valence-corrected chi connectivity index (χ0v) is 11.6. The molecule has 7 nitrogen and oxygen atoms in total. The van der Waals surface area contributed by atoms with Gasteiger partial charge in [0, 0.05) is 10.0 Å². The largest absolute Gasteiger partial charge is 0.366 e. The molecule has 0 amide bonds. The molecular weight excluding hydrogens is 336 g/mol. The number of hydrogen-bond acceptors (Lipinski definition) is 6. The molecule has 1 aromatic carbocycles. The summed E-state index contributed by atoms with van der Waals surface area (Å²) in [5.74, 6) is 1.07. The highest BCUT2D eigenvalue weighted by atomic mass is 79.9. The van der Waals surface area contributed by atoms with E-state index in [0.717, 1.165) is 10.0 Å². The third-order valence-corrected chi connectivity index (χ3v) is 3.52. The minimum atomic E-state index is 0.115. The summed E-state index contributed by atoms with van der Waals surface area (Å²) in [5.41, 5.74) is 6.17. The zero-order chi connectivity index (χ0) is 13.4. The molecule has 9 heteroatoms. The van der Waals surface area contributed by atoms with Crippen LogP contribution in [-0.2, 0) is 0 Å². The van der Waals surface area contributed by atoms with Crippen molar-refractivity contribution in [3.05, 3.63) is 27.7 Å². The first kappa shape index (κ1) is 12.1. The molecule has 0 aliphatic rings. The molecule has 0 unspecified atom stereocenters. The Morgan fingerprint density at radius 1 is 1.32 bits per heavy atom. The SMILES string of the molecule is Nc1n[nH]c(-c2nc(-c3ccc(Cl)c(Br)c3)no2)n1. The lowest BCUT2D eigenvalue weighted by Crippen LogP contribution is -1.85. The van der Waals surface area contributed by atoms with Gasteiger partial charge in [0.2, 0.25) is 17.6 Å². The fourth-order valence-corrected chi connectivity index (χ4v) is 1.94. The summed E-state index contributed by atoms with van der Waals surface area (Å²) >= 11 is 9.26. The Labute approximate surface area is 120 Å². The van der Waals surface area contributed by atoms with Crippen molar-refractivity contribution in [3.63, 3.8) is 0 Å². The van der Waals surface area contributed by atoms with Crippen molar-refractivity contribution in [3.8, 4) is 23.1 Å². The molecule has 0 aliphatic carbocycles. The number of nitrogens with zero attached hydrogens (tertiary/aromatic N) is 4. The van der Waals surface area contributed by atoms with Crippen LogP contribution in [0.3, 0.4) is 0 Å². The number of aromatic amines is 1. The highest BCUT2D eigenvalue weighted by Gasteiger charge is 2.14. The first-order valence-electron chi connectivity index (χ1n) is 5.11. The van der Waals surface area contributed by atoms with Gasteiger partial charge >= 0.3 is 0 Å². The van der Waals surface area contributed by atoms with Crippen molar-refractivity contribution in [1.29, 1.82) is 0 Å². The van der Waals surface area contributed by atoms with Crippen molar-refractivity contribution in [1.82, 2.24) is 25.3 Å². The van der Waals surface area contributed by atoms with Crippen molar-refractivity contribution in [2.75, 3.05) is 5.73 Å². The molecule has 0 aliphatic heterocycles. The molecule has 0 atom stereocenters. The van der Waals surface area contributed by atoms with Gasteiger partial charge in [0.15, 0.2) is 0 Å². The Bertz CT molecular complexity index is 739. The predicted octanol–water partition coefficient (Wildman–Crippen LogP) is 2.52. The number of nitrogen functional groups attached to an aromatic ring is 1. The second-order valence-electron chi connectivity index (χ2n) is 3.59. The van der Waals surface area contributed by atoms with E-state index >= 15 is 0 Å². The summed E-state index contributed by atoms with van der Waals surface area (Å²) in [6.45, 7) is 0. The van der Waals surface area contributed by atoms with Crippen LogP contribution in [0.2, 0.25) is 5.02 Å². The lowest BCUT2D eigenvalue weighted by Gasteiger charge is -1.97. The quantitative estimate of drug-likeness (QED) is 0.741. The molecule has 0 saturated heterocycles. The van der Waals surface area contributed by atoms with Crippen LogP contribution < -0.4 is 5.73 Å². The molecular formula is C10H6BrClN6O. The van der Waals surface area contributed by atoms with Gasteiger partial charge in [-0.1, -0.05) is 16.8 Å². The number of nitrogens with one attached hydrogen (secondary N) is 1. The Morgan fingerprint density at radius 3 is 2.84 bits per heavy atom. The molecule has 3 N–H and O–H groups in total. The molecule has 96 valence electrons. The molecule has 3 rings (SSSR count). The van der Waals surface area contributed by atoms with Gasteiger partial charge in [-0.3, -0.25) is 5.10 Å². The van der Waals surface area contributed by atoms with E-state index < -0.39 is 0 Å². The molecule has 0 spiro atoms. The van der Waals surface area contributed by atoms with Crippen LogP contribution in [0.1, 0.15) is 0 Å². The summed E-state index contributed by atoms with van der Waals surface area (Å²) in [6, 6.07) is 5.33. The fourth-order valence-electron chi connectivity index (χ4n) is 1.44. The molecule has 0 radical (unpaired) electrons. The monoisotopic (exact) mass is 340 g/mol. The lowest BCUT2D eigenvalue weighted by atomic mass is 10.2. The second kappa shape index (κ2) is 4.63. The third kappa shape index (κ3) is 2.32. The normalized spacial score (nSPS) is 10.8. The number of nitrogens with two attached hydrogens (primary N) is 1. The minimum absolute atomic E-state index is 0.115. The molecule has 2 aromatic heterocycles. The van der Waals surface area contributed by atoms with Gasteiger partial charge in [-0.25, -0.2) is 0 Å². The molecule has 0 bridgehead atoms. The fraction of sp³-hybridized carbons (Fsp3) is 0. The van der Waals surface area contributed by atoms with Crippen LogP contribution in [0, 0.1) is 0 Å². The maximum atomic E-state index is 5.92. The topological polar surface area (TPSA) is 107 Å². The molecule has 0 fully saturated rings. The van der Waals surface area contributed by atoms with E-state index in [0.29, 0.717) is 16.7 Å². The maximum Gasteiger partial charge on any atom is 0.295 e. The first-order chi connectivity index (χ1) is 9.13. The zero-order valence-electron chi connectivity index (χ0n) is 9.26. The van der Waals surface area contributed by atoms with Gasteiger partial charge in [0.05, 0.1) is 5.02 Å². The van der Waals surface area contributed by atoms with Crippen LogP contribution in [0.15, 0.2) is 27.2 Å². The standard InChI is InChI=1S/C10H6BrClN6O/c11-5-3-4(1-2-6(5)12)7-14-9(19-18-7)8-15-10(13)17-16-8/h1-3H,(H3,13,15,16,17). The van der Waals surface area contributed by atoms with E-state index in [9.17, 15) is 0 Å². The first-order valence-corrected chi connectivity index (χ1v) is 6.28. The average molecular weight is 342 g/mol. The second-order valence-corrected chi connectivity index (χ2v) is 4.86. The summed E-state index contributed by atoms with van der Waals surface area (Å²) in [7, 11) is 0. The predicted molar refractivity (Wildman–Crippen MR) is 72.2 cm³/mol. The summed E-state index contributed by atoms with van der Waals surface area (Å²) in [4.78, 5) is 8.11. The Hall–Kier alpha value is -1.93. The van der Waals surface area contributed by atoms with Crippen molar-refractivity contribution in [2.45, 2.75) is 0 Å². The van der Waals surface area contributed by atoms with Crippen LogP contribution in [0.5, 0.6) is 0 Å². The van der Waals surface area contributed by atoms with Crippen LogP contribution >= 0.6 is 27.5 Å². The number of aromatic nitrogens is 5. The van der Waals surface area contributed by atoms with Gasteiger partial charge in [0.1, 0.15) is 0 Å². The van der Waals surface area contributed by atoms with Gasteiger partial charge in [-0.15, -0.1) is 5.10 Å². The number of hydrogen-bond donors (Lipinski definition) is 2. The van der Waals surface area contributed by atoms with Gasteiger partial charge in [0.25, 0.3) is 5.89 Å². The van der Waals surface area contributed by atoms with E-state index in [1.807, 2.05) is 0 Å². The third-order valence-electron chi connectivity index (χ3n) is 2.31. The van der Waals surface area contributed by atoms with Gasteiger partial charge in [-0.05, 0) is 34.1 Å². The molecule has 19 heavy (non-hydrogen) atoms. The Balaban J connectivity index is 1.98. The van der Waals surface area contributed by atoms with Crippen LogP contribution in [-0.4, -0.2) is 25.3 Å². The van der Waals surface area contributed by atoms with Crippen molar-refractivity contribution in [2.24, 2.45) is 0 Å². The van der Waals surface area contributed by atoms with E-state index in [4.69, 9.17) is 21.9 Å². The van der Waals surface area contributed by atoms with Crippen LogP contribution in [0.4, 0.5) is 5.95 Å². The van der Waals surface area contributed by atoms with Gasteiger partial charge in [-0.2, -0.15) is 9.97 Å². The highest BCUT2D eigenvalue weighted by molar-refractivity contribution is 9.10. The minimum Gasteiger partial charge on any atom is -0.366 e. The highest BCUT2D eigenvalue weighted by Crippen LogP contribution is 2.28. The summed E-state index contributed by atoms with van der Waals surface area (Å²) in [5, 5.41) is 10.8. The summed E-state index contributed by atoms with van der Waals surface area (Å²) in [6.07, 6.45) is 0. The van der Waals surface area contributed by atoms with E-state index in [1.165, 1.54) is 0 Å². The molecule has 2 heterocycles. The number of benzene rings is 1. The van der Waals surface area contributed by atoms with Crippen molar-refractivity contribution >= 4 is 33.5 Å². The molecule has 0 saturated carbocycles. The number of halogens is 2. The van der Waals surface area contributed by atoms with E-state index in [2.05, 4.69) is 41.3 Å². The number of H-pyrrole nitrogens is 1. The average Bonchev–Trinajstić information content (AvgIpc) is 3.01. The lowest BCUT2D eigenvalue weighted by molar-refractivity contribution is 0.429. The van der Waals surface area contributed by atoms with Gasteiger partial charge < -0.3 is 10.3 Å². The Kier molecular flexibility index (Phi) is 2.96. The number of rotatable bonds is 2. The number of anilines is 1. The smallest absolute Gasteiger partial charge is 0.295 e. The van der Waals surface area contributed by atoms with E-state index in [-0.39, 0.29) is 11.8 Å². The molecule has 3 aromatic rings. The van der Waals surface area contributed by atoms with E-state index in [1.54, 1.807) is 18.2 Å². The summed E-state index contributed by atoms with van der Waals surface area (Å²) < 4.78 is 5.84. The van der Waals surface area contributed by atoms with Crippen LogP contribution in [0.25, 0.3) is 23.1 Å². The Morgan fingerprint density at radius 2 is 2.16 bits per heavy atom. The maximum absolute atomic E-state index is 5.92. The van der Waals surface area contributed by atoms with Crippen molar-refractivity contribution < 1.29 is 4.52 Å².